The van der Waals surface area contributed by atoms with Gasteiger partial charge >= 0.3 is 0 Å². The Labute approximate surface area is 111 Å². The summed E-state index contributed by atoms with van der Waals surface area (Å²) < 4.78 is 21.0. The van der Waals surface area contributed by atoms with Crippen LogP contribution in [0.3, 0.4) is 0 Å². The minimum atomic E-state index is -0.423. The first-order valence-electron chi connectivity index (χ1n) is 6.01. The van der Waals surface area contributed by atoms with Crippen LogP contribution in [0, 0.1) is 12.7 Å². The number of halogens is 1. The van der Waals surface area contributed by atoms with E-state index >= 15 is 0 Å². The first-order chi connectivity index (χ1) is 8.99. The van der Waals surface area contributed by atoms with Crippen molar-refractivity contribution < 1.29 is 9.13 Å². The molecule has 0 radical (unpaired) electrons. The monoisotopic (exact) mass is 264 g/mol. The van der Waals surface area contributed by atoms with Crippen LogP contribution < -0.4 is 10.5 Å². The van der Waals surface area contributed by atoms with E-state index in [2.05, 4.69) is 10.2 Å². The van der Waals surface area contributed by atoms with Crippen molar-refractivity contribution in [3.8, 4) is 5.75 Å². The van der Waals surface area contributed by atoms with Crippen LogP contribution in [-0.4, -0.2) is 14.8 Å². The molecule has 0 saturated carbocycles. The summed E-state index contributed by atoms with van der Waals surface area (Å²) in [7, 11) is 1.84. The van der Waals surface area contributed by atoms with Crippen LogP contribution in [0.1, 0.15) is 30.2 Å². The fourth-order valence-electron chi connectivity index (χ4n) is 1.64. The van der Waals surface area contributed by atoms with Gasteiger partial charge in [0.1, 0.15) is 12.4 Å². The van der Waals surface area contributed by atoms with Gasteiger partial charge in [-0.1, -0.05) is 6.07 Å². The number of rotatable bonds is 4. The van der Waals surface area contributed by atoms with E-state index in [-0.39, 0.29) is 18.4 Å². The quantitative estimate of drug-likeness (QED) is 0.915. The Bertz CT molecular complexity index is 580. The lowest BCUT2D eigenvalue weighted by Crippen LogP contribution is -2.07. The van der Waals surface area contributed by atoms with E-state index in [9.17, 15) is 4.39 Å². The van der Waals surface area contributed by atoms with Gasteiger partial charge in [0.15, 0.2) is 17.4 Å². The highest BCUT2D eigenvalue weighted by molar-refractivity contribution is 5.30. The van der Waals surface area contributed by atoms with Crippen LogP contribution in [0.15, 0.2) is 18.2 Å². The fourth-order valence-corrected chi connectivity index (χ4v) is 1.64. The summed E-state index contributed by atoms with van der Waals surface area (Å²) >= 11 is 0. The first-order valence-corrected chi connectivity index (χ1v) is 6.01. The lowest BCUT2D eigenvalue weighted by molar-refractivity contribution is 0.276. The van der Waals surface area contributed by atoms with E-state index < -0.39 is 5.82 Å². The molecule has 2 N–H and O–H groups in total. The van der Waals surface area contributed by atoms with Crippen LogP contribution in [0.2, 0.25) is 0 Å². The Morgan fingerprint density at radius 1 is 1.42 bits per heavy atom. The number of benzene rings is 1. The molecule has 1 atom stereocenters. The summed E-state index contributed by atoms with van der Waals surface area (Å²) in [6.45, 7) is 3.82. The lowest BCUT2D eigenvalue weighted by Gasteiger charge is -2.10. The standard InChI is InChI=1S/C13H17FN4O/c1-8(15)10-4-5-12(11(14)6-10)19-7-13-17-16-9(2)18(13)3/h4-6,8H,7,15H2,1-3H3/t8-/m1/s1. The number of hydrogen-bond donors (Lipinski definition) is 1. The molecule has 0 aliphatic heterocycles. The molecule has 0 spiro atoms. The molecule has 0 aliphatic rings. The molecular weight excluding hydrogens is 247 g/mol. The van der Waals surface area contributed by atoms with E-state index in [1.54, 1.807) is 23.6 Å². The minimum Gasteiger partial charge on any atom is -0.483 e. The molecule has 2 aromatic rings. The van der Waals surface area contributed by atoms with Gasteiger partial charge in [0.05, 0.1) is 0 Å². The van der Waals surface area contributed by atoms with E-state index in [1.165, 1.54) is 6.07 Å². The van der Waals surface area contributed by atoms with Gasteiger partial charge in [-0.3, -0.25) is 0 Å². The van der Waals surface area contributed by atoms with Crippen molar-refractivity contribution in [3.63, 3.8) is 0 Å². The largest absolute Gasteiger partial charge is 0.483 e. The molecule has 1 heterocycles. The molecule has 102 valence electrons. The van der Waals surface area contributed by atoms with E-state index in [0.717, 1.165) is 11.4 Å². The van der Waals surface area contributed by atoms with E-state index in [0.29, 0.717) is 5.82 Å². The van der Waals surface area contributed by atoms with Crippen LogP contribution in [0.4, 0.5) is 4.39 Å². The maximum absolute atomic E-state index is 13.8. The average molecular weight is 264 g/mol. The van der Waals surface area contributed by atoms with Gasteiger partial charge in [0.2, 0.25) is 0 Å². The van der Waals surface area contributed by atoms with Gasteiger partial charge in [-0.2, -0.15) is 0 Å². The first kappa shape index (κ1) is 13.5. The van der Waals surface area contributed by atoms with Crippen molar-refractivity contribution in [1.29, 1.82) is 0 Å². The summed E-state index contributed by atoms with van der Waals surface area (Å²) in [5.74, 6) is 1.19. The Morgan fingerprint density at radius 3 is 2.68 bits per heavy atom. The Hall–Kier alpha value is -1.95. The van der Waals surface area contributed by atoms with Crippen molar-refractivity contribution in [2.75, 3.05) is 0 Å². The molecule has 19 heavy (non-hydrogen) atoms. The van der Waals surface area contributed by atoms with Crippen LogP contribution in [0.25, 0.3) is 0 Å². The Kier molecular flexibility index (Phi) is 3.80. The molecule has 0 fully saturated rings. The van der Waals surface area contributed by atoms with Gasteiger partial charge in [-0.25, -0.2) is 4.39 Å². The molecule has 0 saturated heterocycles. The molecule has 0 unspecified atom stereocenters. The molecule has 0 bridgehead atoms. The fraction of sp³-hybridized carbons (Fsp3) is 0.385. The predicted molar refractivity (Wildman–Crippen MR) is 69.1 cm³/mol. The maximum Gasteiger partial charge on any atom is 0.170 e. The lowest BCUT2D eigenvalue weighted by atomic mass is 10.1. The third-order valence-electron chi connectivity index (χ3n) is 3.02. The highest BCUT2D eigenvalue weighted by Crippen LogP contribution is 2.21. The molecule has 5 nitrogen and oxygen atoms in total. The average Bonchev–Trinajstić information content (AvgIpc) is 2.68. The number of nitrogens with two attached hydrogens (primary N) is 1. The molecule has 6 heteroatoms. The summed E-state index contributed by atoms with van der Waals surface area (Å²) in [5.41, 5.74) is 6.43. The van der Waals surface area contributed by atoms with Crippen LogP contribution >= 0.6 is 0 Å². The number of hydrogen-bond acceptors (Lipinski definition) is 4. The zero-order valence-electron chi connectivity index (χ0n) is 11.2. The Balaban J connectivity index is 2.10. The zero-order chi connectivity index (χ0) is 14.0. The number of aryl methyl sites for hydroxylation is 1. The highest BCUT2D eigenvalue weighted by atomic mass is 19.1. The van der Waals surface area contributed by atoms with Gasteiger partial charge in [0.25, 0.3) is 0 Å². The summed E-state index contributed by atoms with van der Waals surface area (Å²) in [6.07, 6.45) is 0. The molecular formula is C13H17FN4O. The zero-order valence-corrected chi connectivity index (χ0v) is 11.2. The number of aromatic nitrogens is 3. The molecule has 0 amide bonds. The minimum absolute atomic E-state index is 0.172. The van der Waals surface area contributed by atoms with Crippen molar-refractivity contribution in [3.05, 3.63) is 41.2 Å². The predicted octanol–water partition coefficient (Wildman–Crippen LogP) is 1.86. The number of ether oxygens (including phenoxy) is 1. The maximum atomic E-state index is 13.8. The van der Waals surface area contributed by atoms with Crippen LogP contribution in [0.5, 0.6) is 5.75 Å². The van der Waals surface area contributed by atoms with Gasteiger partial charge in [0, 0.05) is 13.1 Å². The van der Waals surface area contributed by atoms with E-state index in [1.807, 2.05) is 14.0 Å². The molecule has 1 aromatic heterocycles. The molecule has 1 aromatic carbocycles. The summed E-state index contributed by atoms with van der Waals surface area (Å²) in [4.78, 5) is 0. The SMILES string of the molecule is Cc1nnc(COc2ccc([C@@H](C)N)cc2F)n1C. The topological polar surface area (TPSA) is 66.0 Å². The summed E-state index contributed by atoms with van der Waals surface area (Å²) in [5, 5.41) is 7.86. The van der Waals surface area contributed by atoms with Crippen molar-refractivity contribution in [1.82, 2.24) is 14.8 Å². The molecule has 2 rings (SSSR count). The van der Waals surface area contributed by atoms with Crippen molar-refractivity contribution in [2.45, 2.75) is 26.5 Å². The highest BCUT2D eigenvalue weighted by Gasteiger charge is 2.10. The van der Waals surface area contributed by atoms with Gasteiger partial charge < -0.3 is 15.0 Å². The van der Waals surface area contributed by atoms with Crippen LogP contribution in [-0.2, 0) is 13.7 Å². The third-order valence-corrected chi connectivity index (χ3v) is 3.02. The smallest absolute Gasteiger partial charge is 0.170 e. The molecule has 0 aliphatic carbocycles. The second kappa shape index (κ2) is 5.36. The second-order valence-electron chi connectivity index (χ2n) is 4.49. The second-order valence-corrected chi connectivity index (χ2v) is 4.49. The van der Waals surface area contributed by atoms with Crippen molar-refractivity contribution in [2.24, 2.45) is 12.8 Å². The third kappa shape index (κ3) is 2.90. The Morgan fingerprint density at radius 2 is 2.16 bits per heavy atom. The van der Waals surface area contributed by atoms with Crippen molar-refractivity contribution >= 4 is 0 Å². The van der Waals surface area contributed by atoms with Gasteiger partial charge in [-0.05, 0) is 31.5 Å². The summed E-state index contributed by atoms with van der Waals surface area (Å²) in [6, 6.07) is 4.52. The number of nitrogens with zero attached hydrogens (tertiary/aromatic N) is 3. The normalized spacial score (nSPS) is 12.5. The van der Waals surface area contributed by atoms with Gasteiger partial charge in [-0.15, -0.1) is 10.2 Å². The van der Waals surface area contributed by atoms with E-state index in [4.69, 9.17) is 10.5 Å².